The molecule has 2 heterocycles. The second kappa shape index (κ2) is 5.73. The molecule has 1 amide bonds. The van der Waals surface area contributed by atoms with E-state index in [-0.39, 0.29) is 36.2 Å². The van der Waals surface area contributed by atoms with Crippen molar-refractivity contribution in [2.75, 3.05) is 24.7 Å². The van der Waals surface area contributed by atoms with E-state index in [0.717, 1.165) is 6.07 Å². The number of halogens is 3. The molecule has 2 aliphatic heterocycles. The first-order chi connectivity index (χ1) is 10.9. The quantitative estimate of drug-likeness (QED) is 0.885. The van der Waals surface area contributed by atoms with E-state index in [0.29, 0.717) is 13.0 Å². The average molecular weight is 329 g/mol. The van der Waals surface area contributed by atoms with Crippen molar-refractivity contribution < 1.29 is 27.8 Å². The number of nitrogens with zero attached hydrogens (tertiary/aromatic N) is 2. The summed E-state index contributed by atoms with van der Waals surface area (Å²) in [5, 5.41) is 12.9. The molecule has 2 aliphatic rings. The number of carbonyl (C=O) groups is 1. The van der Waals surface area contributed by atoms with Crippen LogP contribution in [0.2, 0.25) is 0 Å². The molecule has 0 radical (unpaired) electrons. The summed E-state index contributed by atoms with van der Waals surface area (Å²) in [5.41, 5.74) is 1.74. The van der Waals surface area contributed by atoms with E-state index in [2.05, 4.69) is 10.5 Å². The summed E-state index contributed by atoms with van der Waals surface area (Å²) in [6.45, 7) is 0.0881. The number of carbonyl (C=O) groups excluding carboxylic acids is 1. The lowest BCUT2D eigenvalue weighted by Gasteiger charge is -2.43. The number of aliphatic hydroxyl groups is 1. The van der Waals surface area contributed by atoms with Crippen LogP contribution in [-0.4, -0.2) is 42.7 Å². The molecule has 1 atom stereocenters. The van der Waals surface area contributed by atoms with Crippen LogP contribution < -0.4 is 10.3 Å². The highest BCUT2D eigenvalue weighted by molar-refractivity contribution is 6.04. The van der Waals surface area contributed by atoms with Crippen LogP contribution in [0, 0.1) is 0 Å². The van der Waals surface area contributed by atoms with Gasteiger partial charge in [-0.2, -0.15) is 18.3 Å². The molecule has 6 nitrogen and oxygen atoms in total. The number of alkyl halides is 3. The molecule has 0 aliphatic carbocycles. The van der Waals surface area contributed by atoms with Gasteiger partial charge in [0.15, 0.2) is 0 Å². The SMILES string of the molecule is O=C1NN=C(c2ccc(N3CC[C@H]3CO)c(C(F)(F)F)c2)CO1. The fraction of sp³-hybridized carbons (Fsp3) is 0.429. The van der Waals surface area contributed by atoms with Crippen LogP contribution in [0.15, 0.2) is 23.3 Å². The Bertz CT molecular complexity index is 658. The van der Waals surface area contributed by atoms with Crippen molar-refractivity contribution in [1.29, 1.82) is 0 Å². The average Bonchev–Trinajstić information content (AvgIpc) is 2.47. The van der Waals surface area contributed by atoms with E-state index in [1.165, 1.54) is 17.0 Å². The molecule has 1 fully saturated rings. The van der Waals surface area contributed by atoms with Gasteiger partial charge < -0.3 is 14.7 Å². The maximum Gasteiger partial charge on any atom is 0.428 e. The fourth-order valence-corrected chi connectivity index (χ4v) is 2.60. The van der Waals surface area contributed by atoms with Gasteiger partial charge in [-0.3, -0.25) is 0 Å². The number of cyclic esters (lactones) is 1. The smallest absolute Gasteiger partial charge is 0.428 e. The van der Waals surface area contributed by atoms with Gasteiger partial charge in [-0.25, -0.2) is 10.2 Å². The molecule has 0 bridgehead atoms. The van der Waals surface area contributed by atoms with Gasteiger partial charge in [-0.15, -0.1) is 0 Å². The molecule has 1 aromatic rings. The second-order valence-electron chi connectivity index (χ2n) is 5.29. The van der Waals surface area contributed by atoms with E-state index in [9.17, 15) is 23.1 Å². The minimum absolute atomic E-state index is 0.0351. The Morgan fingerprint density at radius 2 is 2.22 bits per heavy atom. The third-order valence-electron chi connectivity index (χ3n) is 3.92. The number of anilines is 1. The second-order valence-corrected chi connectivity index (χ2v) is 5.29. The summed E-state index contributed by atoms with van der Waals surface area (Å²) in [7, 11) is 0. The highest BCUT2D eigenvalue weighted by atomic mass is 19.4. The monoisotopic (exact) mass is 329 g/mol. The van der Waals surface area contributed by atoms with Crippen molar-refractivity contribution >= 4 is 17.5 Å². The number of hydrogen-bond donors (Lipinski definition) is 2. The number of nitrogens with one attached hydrogen (secondary N) is 1. The normalized spacial score (nSPS) is 21.2. The summed E-state index contributed by atoms with van der Waals surface area (Å²) in [6.07, 6.45) is -4.63. The molecule has 1 saturated heterocycles. The number of hydrogen-bond acceptors (Lipinski definition) is 5. The molecule has 124 valence electrons. The molecule has 0 spiro atoms. The minimum Gasteiger partial charge on any atom is -0.442 e. The highest BCUT2D eigenvalue weighted by Crippen LogP contribution is 2.40. The van der Waals surface area contributed by atoms with Crippen molar-refractivity contribution in [3.05, 3.63) is 29.3 Å². The van der Waals surface area contributed by atoms with Crippen molar-refractivity contribution in [2.45, 2.75) is 18.6 Å². The van der Waals surface area contributed by atoms with Crippen LogP contribution in [-0.2, 0) is 10.9 Å². The highest BCUT2D eigenvalue weighted by Gasteiger charge is 2.39. The summed E-state index contributed by atoms with van der Waals surface area (Å²) in [4.78, 5) is 12.4. The number of aliphatic hydroxyl groups excluding tert-OH is 1. The molecule has 3 rings (SSSR count). The zero-order valence-electron chi connectivity index (χ0n) is 11.9. The standard InChI is InChI=1S/C14H14F3N3O3/c15-14(16,17)10-5-8(11-7-23-13(22)19-18-11)1-2-12(10)20-4-3-9(20)6-21/h1-2,5,9,21H,3-4,6-7H2,(H,19,22)/t9-/m0/s1. The lowest BCUT2D eigenvalue weighted by atomic mass is 9.98. The van der Waals surface area contributed by atoms with Crippen molar-refractivity contribution in [3.8, 4) is 0 Å². The van der Waals surface area contributed by atoms with Crippen LogP contribution in [0.4, 0.5) is 23.7 Å². The van der Waals surface area contributed by atoms with Crippen LogP contribution in [0.1, 0.15) is 17.5 Å². The number of amides is 1. The summed E-state index contributed by atoms with van der Waals surface area (Å²) in [5.74, 6) is 0. The van der Waals surface area contributed by atoms with Gasteiger partial charge >= 0.3 is 12.3 Å². The van der Waals surface area contributed by atoms with E-state index in [1.54, 1.807) is 0 Å². The third kappa shape index (κ3) is 2.96. The van der Waals surface area contributed by atoms with Gasteiger partial charge in [0.1, 0.15) is 12.3 Å². The Labute approximate surface area is 129 Å². The van der Waals surface area contributed by atoms with Crippen molar-refractivity contribution in [3.63, 3.8) is 0 Å². The molecule has 1 aromatic carbocycles. The fourth-order valence-electron chi connectivity index (χ4n) is 2.60. The summed E-state index contributed by atoms with van der Waals surface area (Å²) >= 11 is 0. The van der Waals surface area contributed by atoms with E-state index in [1.807, 2.05) is 0 Å². The van der Waals surface area contributed by atoms with Crippen LogP contribution in [0.3, 0.4) is 0 Å². The van der Waals surface area contributed by atoms with Gasteiger partial charge in [0.2, 0.25) is 0 Å². The predicted molar refractivity (Wildman–Crippen MR) is 75.3 cm³/mol. The Morgan fingerprint density at radius 1 is 1.43 bits per heavy atom. The Balaban J connectivity index is 1.98. The first-order valence-corrected chi connectivity index (χ1v) is 6.98. The van der Waals surface area contributed by atoms with E-state index in [4.69, 9.17) is 4.74 Å². The molecule has 2 N–H and O–H groups in total. The minimum atomic E-state index is -4.54. The maximum absolute atomic E-state index is 13.4. The van der Waals surface area contributed by atoms with Crippen molar-refractivity contribution in [2.24, 2.45) is 5.10 Å². The van der Waals surface area contributed by atoms with E-state index < -0.39 is 17.8 Å². The lowest BCUT2D eigenvalue weighted by molar-refractivity contribution is -0.137. The molecular weight excluding hydrogens is 315 g/mol. The first kappa shape index (κ1) is 15.6. The third-order valence-corrected chi connectivity index (χ3v) is 3.92. The molecule has 0 aromatic heterocycles. The number of hydrazone groups is 1. The molecule has 23 heavy (non-hydrogen) atoms. The van der Waals surface area contributed by atoms with E-state index >= 15 is 0 Å². The Morgan fingerprint density at radius 3 is 2.74 bits per heavy atom. The first-order valence-electron chi connectivity index (χ1n) is 6.98. The Hall–Kier alpha value is -2.29. The molecule has 9 heteroatoms. The van der Waals surface area contributed by atoms with Crippen LogP contribution in [0.25, 0.3) is 0 Å². The van der Waals surface area contributed by atoms with Crippen LogP contribution in [0.5, 0.6) is 0 Å². The molecule has 0 saturated carbocycles. The van der Waals surface area contributed by atoms with Gasteiger partial charge in [0, 0.05) is 17.8 Å². The summed E-state index contributed by atoms with van der Waals surface area (Å²) < 4.78 is 44.8. The molecular formula is C14H14F3N3O3. The Kier molecular flexibility index (Phi) is 3.88. The lowest BCUT2D eigenvalue weighted by Crippen LogP contribution is -2.50. The predicted octanol–water partition coefficient (Wildman–Crippen LogP) is 1.72. The van der Waals surface area contributed by atoms with Gasteiger partial charge in [0.05, 0.1) is 18.2 Å². The van der Waals surface area contributed by atoms with Crippen LogP contribution >= 0.6 is 0 Å². The topological polar surface area (TPSA) is 74.2 Å². The van der Waals surface area contributed by atoms with Crippen molar-refractivity contribution in [1.82, 2.24) is 5.43 Å². The largest absolute Gasteiger partial charge is 0.442 e. The zero-order valence-corrected chi connectivity index (χ0v) is 11.9. The summed E-state index contributed by atoms with van der Waals surface area (Å²) in [6, 6.07) is 3.55. The maximum atomic E-state index is 13.4. The number of benzene rings is 1. The zero-order chi connectivity index (χ0) is 16.6. The number of ether oxygens (including phenoxy) is 1. The van der Waals surface area contributed by atoms with Gasteiger partial charge in [-0.1, -0.05) is 6.07 Å². The van der Waals surface area contributed by atoms with Gasteiger partial charge in [-0.05, 0) is 18.6 Å². The number of rotatable bonds is 3. The molecule has 0 unspecified atom stereocenters. The van der Waals surface area contributed by atoms with Gasteiger partial charge in [0.25, 0.3) is 0 Å².